The van der Waals surface area contributed by atoms with Crippen molar-refractivity contribution >= 4 is 98.1 Å². The molecule has 0 radical (unpaired) electrons. The number of rotatable bonds is 2. The highest BCUT2D eigenvalue weighted by molar-refractivity contribution is 6.24. The van der Waals surface area contributed by atoms with E-state index in [4.69, 9.17) is 13.3 Å². The van der Waals surface area contributed by atoms with Crippen LogP contribution in [0, 0.1) is 0 Å². The number of hydrogen-bond acceptors (Lipinski definition) is 3. The van der Waals surface area contributed by atoms with Crippen LogP contribution in [0.15, 0.2) is 171 Å². The minimum atomic E-state index is 0.870. The molecule has 0 amide bonds. The van der Waals surface area contributed by atoms with Gasteiger partial charge in [0, 0.05) is 37.7 Å². The van der Waals surface area contributed by atoms with Crippen LogP contribution in [0.5, 0.6) is 0 Å². The van der Waals surface area contributed by atoms with Crippen molar-refractivity contribution < 1.29 is 13.3 Å². The lowest BCUT2D eigenvalue weighted by Crippen LogP contribution is -1.90. The van der Waals surface area contributed by atoms with E-state index in [0.29, 0.717) is 0 Å². The first-order valence-corrected chi connectivity index (χ1v) is 17.3. The van der Waals surface area contributed by atoms with Crippen LogP contribution in [0.3, 0.4) is 0 Å². The second-order valence-corrected chi connectivity index (χ2v) is 13.6. The molecule has 0 saturated heterocycles. The summed E-state index contributed by atoms with van der Waals surface area (Å²) in [7, 11) is 0. The maximum atomic E-state index is 6.64. The number of para-hydroxylation sites is 2. The van der Waals surface area contributed by atoms with Crippen molar-refractivity contribution in [3.8, 4) is 22.3 Å². The Kier molecular flexibility index (Phi) is 5.23. The minimum absolute atomic E-state index is 0.870. The van der Waals surface area contributed by atoms with Crippen LogP contribution >= 0.6 is 0 Å². The molecule has 236 valence electrons. The lowest BCUT2D eigenvalue weighted by molar-refractivity contribution is 0.667. The monoisotopic (exact) mass is 650 g/mol. The summed E-state index contributed by atoms with van der Waals surface area (Å²) in [6.07, 6.45) is 0. The maximum absolute atomic E-state index is 6.64. The van der Waals surface area contributed by atoms with Gasteiger partial charge in [-0.05, 0) is 104 Å². The first kappa shape index (κ1) is 27.0. The van der Waals surface area contributed by atoms with Crippen molar-refractivity contribution in [2.45, 2.75) is 0 Å². The van der Waals surface area contributed by atoms with Gasteiger partial charge in [0.2, 0.25) is 0 Å². The van der Waals surface area contributed by atoms with Gasteiger partial charge in [-0.2, -0.15) is 0 Å². The fraction of sp³-hybridized carbons (Fsp3) is 0. The Morgan fingerprint density at radius 2 is 0.725 bits per heavy atom. The van der Waals surface area contributed by atoms with Crippen LogP contribution < -0.4 is 0 Å². The Labute approximate surface area is 290 Å². The van der Waals surface area contributed by atoms with Gasteiger partial charge in [-0.1, -0.05) is 103 Å². The van der Waals surface area contributed by atoms with Crippen molar-refractivity contribution in [2.24, 2.45) is 0 Å². The molecule has 0 saturated carbocycles. The molecule has 3 heteroatoms. The molecule has 0 bridgehead atoms. The summed E-state index contributed by atoms with van der Waals surface area (Å²) in [5, 5.41) is 13.7. The van der Waals surface area contributed by atoms with Crippen LogP contribution in [0.1, 0.15) is 0 Å². The predicted molar refractivity (Wildman–Crippen MR) is 212 cm³/mol. The van der Waals surface area contributed by atoms with Crippen molar-refractivity contribution in [1.82, 2.24) is 0 Å². The second-order valence-electron chi connectivity index (χ2n) is 13.6. The fourth-order valence-corrected chi connectivity index (χ4v) is 8.57. The zero-order valence-electron chi connectivity index (χ0n) is 27.2. The molecular formula is C48H26O3. The van der Waals surface area contributed by atoms with Crippen LogP contribution in [-0.4, -0.2) is 0 Å². The lowest BCUT2D eigenvalue weighted by Gasteiger charge is -2.17. The molecule has 0 aliphatic heterocycles. The van der Waals surface area contributed by atoms with E-state index < -0.39 is 0 Å². The van der Waals surface area contributed by atoms with Crippen molar-refractivity contribution in [1.29, 1.82) is 0 Å². The normalized spacial score (nSPS) is 12.3. The Morgan fingerprint density at radius 1 is 0.255 bits per heavy atom. The van der Waals surface area contributed by atoms with E-state index >= 15 is 0 Å². The van der Waals surface area contributed by atoms with Crippen molar-refractivity contribution in [3.63, 3.8) is 0 Å². The smallest absolute Gasteiger partial charge is 0.143 e. The molecule has 0 aliphatic rings. The fourth-order valence-electron chi connectivity index (χ4n) is 8.57. The highest BCUT2D eigenvalue weighted by Gasteiger charge is 2.20. The third-order valence-electron chi connectivity index (χ3n) is 10.8. The number of fused-ring (bicyclic) bond motifs is 13. The zero-order chi connectivity index (χ0) is 33.2. The summed E-state index contributed by atoms with van der Waals surface area (Å²) >= 11 is 0. The first-order valence-electron chi connectivity index (χ1n) is 17.3. The zero-order valence-corrected chi connectivity index (χ0v) is 27.2. The summed E-state index contributed by atoms with van der Waals surface area (Å²) in [6.45, 7) is 0. The molecule has 51 heavy (non-hydrogen) atoms. The second kappa shape index (κ2) is 9.87. The van der Waals surface area contributed by atoms with Crippen LogP contribution in [0.4, 0.5) is 0 Å². The molecule has 12 aromatic rings. The summed E-state index contributed by atoms with van der Waals surface area (Å²) in [5.74, 6) is 0. The van der Waals surface area contributed by atoms with Gasteiger partial charge in [0.05, 0.1) is 0 Å². The lowest BCUT2D eigenvalue weighted by atomic mass is 9.85. The molecule has 3 nitrogen and oxygen atoms in total. The Hall–Kier alpha value is -6.84. The Bertz CT molecular complexity index is 3370. The third kappa shape index (κ3) is 3.72. The van der Waals surface area contributed by atoms with Gasteiger partial charge in [-0.25, -0.2) is 0 Å². The number of benzene rings is 9. The van der Waals surface area contributed by atoms with Crippen LogP contribution in [-0.2, 0) is 0 Å². The van der Waals surface area contributed by atoms with E-state index in [-0.39, 0.29) is 0 Å². The van der Waals surface area contributed by atoms with Gasteiger partial charge < -0.3 is 13.3 Å². The van der Waals surface area contributed by atoms with Gasteiger partial charge in [0.15, 0.2) is 0 Å². The molecule has 12 rings (SSSR count). The average molecular weight is 651 g/mol. The number of hydrogen-bond donors (Lipinski definition) is 0. The number of furan rings is 3. The quantitative estimate of drug-likeness (QED) is 0.175. The van der Waals surface area contributed by atoms with E-state index in [1.54, 1.807) is 0 Å². The summed E-state index contributed by atoms with van der Waals surface area (Å²) in [6, 6.07) is 56.1. The Morgan fingerprint density at radius 3 is 1.39 bits per heavy atom. The van der Waals surface area contributed by atoms with E-state index in [9.17, 15) is 0 Å². The van der Waals surface area contributed by atoms with Gasteiger partial charge in [-0.15, -0.1) is 0 Å². The summed E-state index contributed by atoms with van der Waals surface area (Å²) in [4.78, 5) is 0. The van der Waals surface area contributed by atoms with E-state index in [1.807, 2.05) is 24.3 Å². The van der Waals surface area contributed by atoms with E-state index in [2.05, 4.69) is 133 Å². The minimum Gasteiger partial charge on any atom is -0.456 e. The van der Waals surface area contributed by atoms with E-state index in [0.717, 1.165) is 87.7 Å². The maximum Gasteiger partial charge on any atom is 0.143 e. The SMILES string of the molecule is c1ccc2c(c1)oc1cc(-c3c4ccccc4c(-c4ccc5oc6c7cc8oc9ccccc9c8cc7ccc6c5c4)c4ccccc34)ccc12. The molecule has 0 fully saturated rings. The molecule has 9 aromatic carbocycles. The van der Waals surface area contributed by atoms with Crippen molar-refractivity contribution in [3.05, 3.63) is 158 Å². The predicted octanol–water partition coefficient (Wildman–Crippen LogP) is 14.2. The molecule has 0 spiro atoms. The van der Waals surface area contributed by atoms with Crippen molar-refractivity contribution in [2.75, 3.05) is 0 Å². The Balaban J connectivity index is 1.10. The molecule has 3 aromatic heterocycles. The van der Waals surface area contributed by atoms with Crippen LogP contribution in [0.25, 0.3) is 120 Å². The summed E-state index contributed by atoms with van der Waals surface area (Å²) in [5.41, 5.74) is 10.1. The highest BCUT2D eigenvalue weighted by atomic mass is 16.3. The van der Waals surface area contributed by atoms with Crippen LogP contribution in [0.2, 0.25) is 0 Å². The third-order valence-corrected chi connectivity index (χ3v) is 10.8. The summed E-state index contributed by atoms with van der Waals surface area (Å²) < 4.78 is 19.3. The van der Waals surface area contributed by atoms with Gasteiger partial charge in [0.1, 0.15) is 33.5 Å². The van der Waals surface area contributed by atoms with Gasteiger partial charge >= 0.3 is 0 Å². The largest absolute Gasteiger partial charge is 0.456 e. The molecule has 0 aliphatic carbocycles. The molecule has 0 unspecified atom stereocenters. The average Bonchev–Trinajstić information content (AvgIpc) is 3.86. The van der Waals surface area contributed by atoms with Gasteiger partial charge in [-0.3, -0.25) is 0 Å². The standard InChI is InChI=1S/C48H26O3/c1-3-13-35-33(11-1)46(34-12-2-4-14-36(34)47(35)29-18-20-32-30-9-5-7-15-41(30)49-44(32)25-29)28-19-22-43-40(24-28)37-21-17-27-23-39-31-10-6-8-16-42(31)50-45(39)26-38(27)48(37)51-43/h1-26H. The molecule has 0 N–H and O–H groups in total. The molecule has 0 atom stereocenters. The van der Waals surface area contributed by atoms with E-state index in [1.165, 1.54) is 32.7 Å². The molecular weight excluding hydrogens is 625 g/mol. The molecule has 3 heterocycles. The topological polar surface area (TPSA) is 39.4 Å². The highest BCUT2D eigenvalue weighted by Crippen LogP contribution is 2.46. The first-order chi connectivity index (χ1) is 25.3. The van der Waals surface area contributed by atoms with Gasteiger partial charge in [0.25, 0.3) is 0 Å².